The predicted octanol–water partition coefficient (Wildman–Crippen LogP) is 4.01. The van der Waals surface area contributed by atoms with Gasteiger partial charge in [-0.3, -0.25) is 9.69 Å². The Bertz CT molecular complexity index is 595. The minimum absolute atomic E-state index is 0.103. The highest BCUT2D eigenvalue weighted by Gasteiger charge is 2.53. The van der Waals surface area contributed by atoms with Crippen LogP contribution in [-0.2, 0) is 10.2 Å². The van der Waals surface area contributed by atoms with Crippen LogP contribution in [0.2, 0.25) is 0 Å². The third kappa shape index (κ3) is 2.51. The van der Waals surface area contributed by atoms with E-state index in [9.17, 15) is 4.79 Å². The van der Waals surface area contributed by atoms with Gasteiger partial charge in [0.2, 0.25) is 11.0 Å². The van der Waals surface area contributed by atoms with Crippen LogP contribution in [0.1, 0.15) is 64.3 Å². The molecular formula is C18H27N3OS. The van der Waals surface area contributed by atoms with E-state index in [4.69, 9.17) is 0 Å². The molecule has 1 heterocycles. The van der Waals surface area contributed by atoms with Crippen molar-refractivity contribution in [3.63, 3.8) is 0 Å². The number of carbonyl (C=O) groups excluding carboxylic acids is 1. The summed E-state index contributed by atoms with van der Waals surface area (Å²) < 4.78 is 0. The molecule has 23 heavy (non-hydrogen) atoms. The van der Waals surface area contributed by atoms with Crippen molar-refractivity contribution in [1.82, 2.24) is 10.2 Å². The second-order valence-electron chi connectivity index (χ2n) is 9.20. The fourth-order valence-electron chi connectivity index (χ4n) is 5.53. The Kier molecular flexibility index (Phi) is 3.39. The van der Waals surface area contributed by atoms with Crippen molar-refractivity contribution in [2.45, 2.75) is 64.7 Å². The molecule has 1 aromatic rings. The molecule has 0 N–H and O–H groups in total. The lowest BCUT2D eigenvalue weighted by molar-refractivity contribution is -0.125. The van der Waals surface area contributed by atoms with Crippen LogP contribution in [0.4, 0.5) is 5.13 Å². The molecule has 4 bridgehead atoms. The van der Waals surface area contributed by atoms with Gasteiger partial charge in [-0.1, -0.05) is 32.1 Å². The summed E-state index contributed by atoms with van der Waals surface area (Å²) in [5.74, 6) is 2.82. The molecule has 4 fully saturated rings. The number of carbonyl (C=O) groups is 1. The monoisotopic (exact) mass is 333 g/mol. The number of hydrogen-bond acceptors (Lipinski definition) is 4. The van der Waals surface area contributed by atoms with Gasteiger partial charge >= 0.3 is 0 Å². The van der Waals surface area contributed by atoms with Crippen molar-refractivity contribution in [2.75, 3.05) is 11.9 Å². The van der Waals surface area contributed by atoms with E-state index in [1.807, 2.05) is 27.8 Å². The van der Waals surface area contributed by atoms with Gasteiger partial charge in [0.1, 0.15) is 5.01 Å². The maximum absolute atomic E-state index is 12.5. The van der Waals surface area contributed by atoms with E-state index in [-0.39, 0.29) is 16.7 Å². The number of rotatable bonds is 2. The predicted molar refractivity (Wildman–Crippen MR) is 92.6 cm³/mol. The first kappa shape index (κ1) is 15.6. The Balaban J connectivity index is 1.60. The molecular weight excluding hydrogens is 306 g/mol. The molecule has 4 nitrogen and oxygen atoms in total. The first-order valence-corrected chi connectivity index (χ1v) is 9.71. The summed E-state index contributed by atoms with van der Waals surface area (Å²) in [6, 6.07) is 0. The highest BCUT2D eigenvalue weighted by molar-refractivity contribution is 7.15. The smallest absolute Gasteiger partial charge is 0.233 e. The van der Waals surface area contributed by atoms with Gasteiger partial charge in [-0.05, 0) is 56.3 Å². The largest absolute Gasteiger partial charge is 0.289 e. The van der Waals surface area contributed by atoms with Gasteiger partial charge in [0.25, 0.3) is 0 Å². The summed E-state index contributed by atoms with van der Waals surface area (Å²) in [6.07, 6.45) is 8.20. The van der Waals surface area contributed by atoms with Crippen LogP contribution in [0, 0.1) is 23.2 Å². The first-order valence-electron chi connectivity index (χ1n) is 8.89. The zero-order chi connectivity index (χ0) is 16.4. The quantitative estimate of drug-likeness (QED) is 0.821. The average Bonchev–Trinajstić information content (AvgIpc) is 2.93. The Morgan fingerprint density at radius 2 is 1.61 bits per heavy atom. The van der Waals surface area contributed by atoms with E-state index in [1.54, 1.807) is 16.2 Å². The van der Waals surface area contributed by atoms with E-state index in [1.165, 1.54) is 43.5 Å². The Labute approximate surface area is 142 Å². The molecule has 1 aromatic heterocycles. The van der Waals surface area contributed by atoms with Crippen molar-refractivity contribution >= 4 is 22.4 Å². The molecule has 126 valence electrons. The summed E-state index contributed by atoms with van der Waals surface area (Å²) in [5.41, 5.74) is -0.114. The van der Waals surface area contributed by atoms with E-state index in [2.05, 4.69) is 10.2 Å². The summed E-state index contributed by atoms with van der Waals surface area (Å²) in [7, 11) is 1.83. The lowest BCUT2D eigenvalue weighted by Gasteiger charge is -2.55. The van der Waals surface area contributed by atoms with Crippen molar-refractivity contribution < 1.29 is 4.79 Å². The molecule has 1 amide bonds. The molecule has 0 aromatic carbocycles. The molecule has 0 unspecified atom stereocenters. The second-order valence-corrected chi connectivity index (χ2v) is 10.2. The zero-order valence-electron chi connectivity index (χ0n) is 14.6. The van der Waals surface area contributed by atoms with Crippen LogP contribution in [0.15, 0.2) is 0 Å². The third-order valence-corrected chi connectivity index (χ3v) is 7.39. The van der Waals surface area contributed by atoms with E-state index in [0.717, 1.165) is 22.9 Å². The summed E-state index contributed by atoms with van der Waals surface area (Å²) in [6.45, 7) is 5.85. The molecule has 0 saturated heterocycles. The van der Waals surface area contributed by atoms with Gasteiger partial charge < -0.3 is 0 Å². The fourth-order valence-corrected chi connectivity index (χ4v) is 6.55. The summed E-state index contributed by atoms with van der Waals surface area (Å²) in [5, 5.41) is 10.9. The highest BCUT2D eigenvalue weighted by atomic mass is 32.1. The minimum atomic E-state index is -0.388. The Hall–Kier alpha value is -0.970. The Morgan fingerprint density at radius 3 is 2.09 bits per heavy atom. The number of hydrogen-bond donors (Lipinski definition) is 0. The normalized spacial score (nSPS) is 35.6. The van der Waals surface area contributed by atoms with E-state index < -0.39 is 0 Å². The summed E-state index contributed by atoms with van der Waals surface area (Å²) in [4.78, 5) is 14.2. The van der Waals surface area contributed by atoms with Crippen LogP contribution >= 0.6 is 11.3 Å². The van der Waals surface area contributed by atoms with Gasteiger partial charge in [0, 0.05) is 17.9 Å². The molecule has 0 radical (unpaired) electrons. The number of amides is 1. The fraction of sp³-hybridized carbons (Fsp3) is 0.833. The lowest BCUT2D eigenvalue weighted by atomic mass is 9.50. The molecule has 0 atom stereocenters. The summed E-state index contributed by atoms with van der Waals surface area (Å²) >= 11 is 1.66. The van der Waals surface area contributed by atoms with Crippen molar-refractivity contribution in [2.24, 2.45) is 23.2 Å². The van der Waals surface area contributed by atoms with Crippen LogP contribution < -0.4 is 4.90 Å². The maximum Gasteiger partial charge on any atom is 0.233 e. The average molecular weight is 334 g/mol. The first-order chi connectivity index (χ1) is 10.8. The molecule has 4 aliphatic rings. The van der Waals surface area contributed by atoms with Crippen molar-refractivity contribution in [3.8, 4) is 0 Å². The molecule has 0 spiro atoms. The van der Waals surface area contributed by atoms with Crippen LogP contribution in [0.3, 0.4) is 0 Å². The molecule has 0 aliphatic heterocycles. The van der Waals surface area contributed by atoms with Crippen molar-refractivity contribution in [3.05, 3.63) is 5.01 Å². The van der Waals surface area contributed by atoms with Gasteiger partial charge in [-0.25, -0.2) is 0 Å². The number of nitrogens with zero attached hydrogens (tertiary/aromatic N) is 3. The third-order valence-electron chi connectivity index (χ3n) is 6.14. The van der Waals surface area contributed by atoms with Crippen LogP contribution in [0.25, 0.3) is 0 Å². The molecule has 4 aliphatic carbocycles. The van der Waals surface area contributed by atoms with Crippen molar-refractivity contribution in [1.29, 1.82) is 0 Å². The molecule has 4 saturated carbocycles. The maximum atomic E-state index is 12.5. The topological polar surface area (TPSA) is 46.1 Å². The Morgan fingerprint density at radius 1 is 1.09 bits per heavy atom. The van der Waals surface area contributed by atoms with Gasteiger partial charge in [0.05, 0.1) is 0 Å². The molecule has 5 rings (SSSR count). The van der Waals surface area contributed by atoms with Gasteiger partial charge in [0.15, 0.2) is 0 Å². The zero-order valence-corrected chi connectivity index (χ0v) is 15.4. The number of anilines is 1. The van der Waals surface area contributed by atoms with Gasteiger partial charge in [-0.2, -0.15) is 0 Å². The number of aromatic nitrogens is 2. The highest BCUT2D eigenvalue weighted by Crippen LogP contribution is 2.61. The lowest BCUT2D eigenvalue weighted by Crippen LogP contribution is -2.48. The second kappa shape index (κ2) is 5.01. The van der Waals surface area contributed by atoms with E-state index >= 15 is 0 Å². The minimum Gasteiger partial charge on any atom is -0.289 e. The SMILES string of the molecule is CN(C(=O)C(C)(C)C)c1nnc(C23CC4CC(CC(C4)C2)C3)s1. The molecule has 5 heteroatoms. The standard InChI is InChI=1S/C18H27N3OS/c1-17(2,3)15(22)21(4)16-20-19-14(23-16)18-8-11-5-12(9-18)7-13(6-11)10-18/h11-13H,5-10H2,1-4H3. The van der Waals surface area contributed by atoms with Crippen LogP contribution in [0.5, 0.6) is 0 Å². The van der Waals surface area contributed by atoms with Crippen LogP contribution in [-0.4, -0.2) is 23.2 Å². The van der Waals surface area contributed by atoms with Gasteiger partial charge in [-0.15, -0.1) is 10.2 Å². The van der Waals surface area contributed by atoms with E-state index in [0.29, 0.717) is 0 Å².